The van der Waals surface area contributed by atoms with Gasteiger partial charge in [0, 0.05) is 22.2 Å². The normalized spacial score (nSPS) is 26.0. The van der Waals surface area contributed by atoms with E-state index in [4.69, 9.17) is 0 Å². The van der Waals surface area contributed by atoms with Crippen LogP contribution in [0.3, 0.4) is 0 Å². The molecule has 0 aliphatic heterocycles. The lowest BCUT2D eigenvalue weighted by molar-refractivity contribution is 0.196. The third-order valence-electron chi connectivity index (χ3n) is 4.44. The van der Waals surface area contributed by atoms with Crippen LogP contribution >= 0.6 is 16.1 Å². The Morgan fingerprint density at radius 3 is 1.47 bits per heavy atom. The molecule has 0 aromatic carbocycles. The zero-order chi connectivity index (χ0) is 10.5. The summed E-state index contributed by atoms with van der Waals surface area (Å²) in [5, 5.41) is 0. The van der Waals surface area contributed by atoms with E-state index in [1.54, 1.807) is 0 Å². The van der Waals surface area contributed by atoms with Crippen molar-refractivity contribution in [1.29, 1.82) is 0 Å². The van der Waals surface area contributed by atoms with E-state index >= 15 is 0 Å². The Bertz CT molecular complexity index is 153. The van der Waals surface area contributed by atoms with Crippen molar-refractivity contribution in [2.45, 2.75) is 70.3 Å². The van der Waals surface area contributed by atoms with Gasteiger partial charge in [-0.1, -0.05) is 38.5 Å². The van der Waals surface area contributed by atoms with Crippen LogP contribution in [0.25, 0.3) is 0 Å². The molecule has 0 radical (unpaired) electrons. The first-order chi connectivity index (χ1) is 7.42. The van der Waals surface area contributed by atoms with Crippen LogP contribution in [0.2, 0.25) is 0 Å². The van der Waals surface area contributed by atoms with E-state index in [9.17, 15) is 0 Å². The highest BCUT2D eigenvalue weighted by molar-refractivity contribution is 9.08. The van der Waals surface area contributed by atoms with Gasteiger partial charge in [0.05, 0.1) is 0 Å². The van der Waals surface area contributed by atoms with Gasteiger partial charge in [-0.25, -0.2) is 0 Å². The van der Waals surface area contributed by atoms with Crippen molar-refractivity contribution >= 4 is 16.1 Å². The van der Waals surface area contributed by atoms with Crippen LogP contribution < -0.4 is 4.34 Å². The van der Waals surface area contributed by atoms with Gasteiger partial charge in [-0.05, 0) is 37.5 Å². The molecule has 0 atom stereocenters. The van der Waals surface area contributed by atoms with Gasteiger partial charge in [0.25, 0.3) is 0 Å². The summed E-state index contributed by atoms with van der Waals surface area (Å²) in [4.78, 5) is 0. The molecule has 15 heavy (non-hydrogen) atoms. The van der Waals surface area contributed by atoms with Gasteiger partial charge in [0.15, 0.2) is 0 Å². The van der Waals surface area contributed by atoms with Crippen LogP contribution in [0.15, 0.2) is 0 Å². The summed E-state index contributed by atoms with van der Waals surface area (Å²) in [6, 6.07) is 0.755. The predicted octanol–water partition coefficient (Wildman–Crippen LogP) is 4.42. The molecule has 2 aliphatic carbocycles. The maximum atomic E-state index is 3.54. The fourth-order valence-corrected chi connectivity index (χ4v) is 4.30. The third-order valence-corrected chi connectivity index (χ3v) is 4.97. The van der Waals surface area contributed by atoms with Crippen LogP contribution in [-0.4, -0.2) is 6.04 Å². The number of hydrogen-bond donors (Lipinski definition) is 1. The molecule has 2 saturated carbocycles. The van der Waals surface area contributed by atoms with E-state index in [0.717, 1.165) is 17.9 Å². The molecule has 0 amide bonds. The average Bonchev–Trinajstić information content (AvgIpc) is 2.33. The van der Waals surface area contributed by atoms with Crippen molar-refractivity contribution in [1.82, 2.24) is 4.34 Å². The fourth-order valence-electron chi connectivity index (χ4n) is 3.55. The Morgan fingerprint density at radius 2 is 1.13 bits per heavy atom. The zero-order valence-corrected chi connectivity index (χ0v) is 11.3. The van der Waals surface area contributed by atoms with Gasteiger partial charge in [0.2, 0.25) is 0 Å². The number of halogens is 1. The maximum Gasteiger partial charge on any atom is 0.0231 e. The highest BCUT2D eigenvalue weighted by Gasteiger charge is 2.30. The van der Waals surface area contributed by atoms with Gasteiger partial charge >= 0.3 is 0 Å². The molecule has 1 nitrogen and oxygen atoms in total. The molecule has 1 N–H and O–H groups in total. The first-order valence-electron chi connectivity index (χ1n) is 6.78. The van der Waals surface area contributed by atoms with Crippen LogP contribution in [0.1, 0.15) is 64.2 Å². The smallest absolute Gasteiger partial charge is 0.0231 e. The molecule has 2 heteroatoms. The van der Waals surface area contributed by atoms with Gasteiger partial charge in [-0.2, -0.15) is 0 Å². The van der Waals surface area contributed by atoms with E-state index in [1.807, 2.05) is 0 Å². The molecule has 0 bridgehead atoms. The van der Waals surface area contributed by atoms with Gasteiger partial charge in [0.1, 0.15) is 0 Å². The van der Waals surface area contributed by atoms with Crippen molar-refractivity contribution in [2.75, 3.05) is 0 Å². The number of hydrogen-bond acceptors (Lipinski definition) is 1. The lowest BCUT2D eigenvalue weighted by Crippen LogP contribution is -2.39. The molecule has 0 heterocycles. The second-order valence-electron chi connectivity index (χ2n) is 5.43. The van der Waals surface area contributed by atoms with E-state index in [0.29, 0.717) is 0 Å². The Hall–Kier alpha value is 0.440. The highest BCUT2D eigenvalue weighted by atomic mass is 79.9. The van der Waals surface area contributed by atoms with Crippen LogP contribution in [-0.2, 0) is 0 Å². The van der Waals surface area contributed by atoms with E-state index in [1.165, 1.54) is 64.2 Å². The van der Waals surface area contributed by atoms with Crippen molar-refractivity contribution in [3.05, 3.63) is 0 Å². The topological polar surface area (TPSA) is 12.0 Å². The summed E-state index contributed by atoms with van der Waals surface area (Å²) in [5.74, 6) is 1.89. The molecule has 88 valence electrons. The standard InChI is InChI=1S/C13H24BrN/c14-15-13(11-7-3-1-4-8-11)12-9-5-2-6-10-12/h11-13,15H,1-10H2. The summed E-state index contributed by atoms with van der Waals surface area (Å²) < 4.78 is 3.45. The van der Waals surface area contributed by atoms with Crippen LogP contribution in [0.5, 0.6) is 0 Å². The van der Waals surface area contributed by atoms with E-state index < -0.39 is 0 Å². The molecular formula is C13H24BrN. The minimum atomic E-state index is 0.755. The van der Waals surface area contributed by atoms with Crippen LogP contribution in [0, 0.1) is 11.8 Å². The SMILES string of the molecule is BrNC(C1CCCCC1)C1CCCCC1. The van der Waals surface area contributed by atoms with Gasteiger partial charge in [-0.15, -0.1) is 0 Å². The summed E-state index contributed by atoms with van der Waals surface area (Å²) in [7, 11) is 0. The highest BCUT2D eigenvalue weighted by Crippen LogP contribution is 2.35. The number of rotatable bonds is 3. The van der Waals surface area contributed by atoms with Crippen molar-refractivity contribution in [3.63, 3.8) is 0 Å². The quantitative estimate of drug-likeness (QED) is 0.751. The molecule has 0 unspecified atom stereocenters. The first kappa shape index (κ1) is 11.9. The van der Waals surface area contributed by atoms with Crippen molar-refractivity contribution < 1.29 is 0 Å². The summed E-state index contributed by atoms with van der Waals surface area (Å²) in [6.45, 7) is 0. The third kappa shape index (κ3) is 3.20. The predicted molar refractivity (Wildman–Crippen MR) is 69.0 cm³/mol. The molecule has 2 rings (SSSR count). The minimum Gasteiger partial charge on any atom is -0.252 e. The largest absolute Gasteiger partial charge is 0.252 e. The second-order valence-corrected chi connectivity index (χ2v) is 5.89. The van der Waals surface area contributed by atoms with Crippen molar-refractivity contribution in [2.24, 2.45) is 11.8 Å². The van der Waals surface area contributed by atoms with E-state index in [2.05, 4.69) is 20.5 Å². The molecule has 0 saturated heterocycles. The number of nitrogens with one attached hydrogen (secondary N) is 1. The molecular weight excluding hydrogens is 250 g/mol. The Balaban J connectivity index is 1.88. The molecule has 2 fully saturated rings. The Kier molecular flexibility index (Phi) is 4.96. The van der Waals surface area contributed by atoms with Crippen LogP contribution in [0.4, 0.5) is 0 Å². The van der Waals surface area contributed by atoms with Crippen molar-refractivity contribution in [3.8, 4) is 0 Å². The summed E-state index contributed by atoms with van der Waals surface area (Å²) in [5.41, 5.74) is 0. The molecule has 2 aliphatic rings. The van der Waals surface area contributed by atoms with E-state index in [-0.39, 0.29) is 0 Å². The first-order valence-corrected chi connectivity index (χ1v) is 7.57. The Labute approximate surface area is 103 Å². The maximum absolute atomic E-state index is 3.54. The second kappa shape index (κ2) is 6.24. The lowest BCUT2D eigenvalue weighted by Gasteiger charge is -2.36. The lowest BCUT2D eigenvalue weighted by atomic mass is 9.74. The van der Waals surface area contributed by atoms with Gasteiger partial charge < -0.3 is 0 Å². The Morgan fingerprint density at radius 1 is 0.733 bits per heavy atom. The minimum absolute atomic E-state index is 0.755. The monoisotopic (exact) mass is 273 g/mol. The van der Waals surface area contributed by atoms with Gasteiger partial charge in [-0.3, -0.25) is 4.34 Å². The fraction of sp³-hybridized carbons (Fsp3) is 1.00. The zero-order valence-electron chi connectivity index (χ0n) is 9.68. The summed E-state index contributed by atoms with van der Waals surface area (Å²) in [6.07, 6.45) is 14.6. The summed E-state index contributed by atoms with van der Waals surface area (Å²) >= 11 is 3.54. The molecule has 0 spiro atoms. The molecule has 0 aromatic rings. The molecule has 0 aromatic heterocycles. The average molecular weight is 274 g/mol.